The minimum Gasteiger partial charge on any atom is -0.504 e. The van der Waals surface area contributed by atoms with E-state index in [1.807, 2.05) is 0 Å². The van der Waals surface area contributed by atoms with Crippen LogP contribution >= 0.6 is 0 Å². The number of esters is 1. The first-order valence-electron chi connectivity index (χ1n) is 8.66. The van der Waals surface area contributed by atoms with Crippen LogP contribution in [-0.2, 0) is 20.7 Å². The Morgan fingerprint density at radius 2 is 1.61 bits per heavy atom. The number of ether oxygens (including phenoxy) is 3. The number of hydrogen-bond acceptors (Lipinski definition) is 8. The summed E-state index contributed by atoms with van der Waals surface area (Å²) in [5, 5.41) is 18.8. The molecule has 4 N–H and O–H groups in total. The highest BCUT2D eigenvalue weighted by atomic mass is 16.7. The fourth-order valence-electron chi connectivity index (χ4n) is 2.26. The summed E-state index contributed by atoms with van der Waals surface area (Å²) in [5.41, 5.74) is 6.40. The first-order valence-corrected chi connectivity index (χ1v) is 8.66. The molecule has 0 unspecified atom stereocenters. The molecule has 2 aromatic carbocycles. The molecule has 0 aliphatic heterocycles. The summed E-state index contributed by atoms with van der Waals surface area (Å²) in [6.07, 6.45) is -2.32. The number of phenolic OH excluding ortho intramolecular Hbond substituents is 2. The maximum absolute atomic E-state index is 12.2. The molecule has 0 saturated heterocycles. The van der Waals surface area contributed by atoms with Gasteiger partial charge in [0.15, 0.2) is 11.5 Å². The number of hydrogen-bond donors (Lipinski definition) is 3. The lowest BCUT2D eigenvalue weighted by Gasteiger charge is -2.22. The molecule has 28 heavy (non-hydrogen) atoms. The summed E-state index contributed by atoms with van der Waals surface area (Å²) in [6, 6.07) is 11.6. The molecular weight excluding hydrogens is 366 g/mol. The van der Waals surface area contributed by atoms with E-state index in [1.165, 1.54) is 18.2 Å². The van der Waals surface area contributed by atoms with E-state index in [9.17, 15) is 19.8 Å². The van der Waals surface area contributed by atoms with Crippen molar-refractivity contribution in [2.45, 2.75) is 38.5 Å². The van der Waals surface area contributed by atoms with E-state index in [-0.39, 0.29) is 17.9 Å². The van der Waals surface area contributed by atoms with E-state index in [2.05, 4.69) is 0 Å². The van der Waals surface area contributed by atoms with Crippen molar-refractivity contribution in [2.24, 2.45) is 5.73 Å². The zero-order chi connectivity index (χ0) is 20.7. The summed E-state index contributed by atoms with van der Waals surface area (Å²) in [4.78, 5) is 24.0. The van der Waals surface area contributed by atoms with Crippen LogP contribution in [0.4, 0.5) is 4.79 Å². The Bertz CT molecular complexity index is 809. The summed E-state index contributed by atoms with van der Waals surface area (Å²) in [6.45, 7) is 3.13. The highest BCUT2D eigenvalue weighted by molar-refractivity contribution is 5.76. The molecule has 2 aromatic rings. The molecule has 0 aromatic heterocycles. The van der Waals surface area contributed by atoms with Crippen molar-refractivity contribution in [2.75, 3.05) is 0 Å². The maximum Gasteiger partial charge on any atom is 0.514 e. The van der Waals surface area contributed by atoms with Crippen LogP contribution in [0.15, 0.2) is 48.5 Å². The van der Waals surface area contributed by atoms with Crippen molar-refractivity contribution in [1.82, 2.24) is 0 Å². The Labute approximate surface area is 162 Å². The quantitative estimate of drug-likeness (QED) is 0.374. The van der Waals surface area contributed by atoms with Gasteiger partial charge in [-0.1, -0.05) is 24.3 Å². The molecule has 8 heteroatoms. The SMILES string of the molecule is C[C@@H](OC(=O)Oc1ccccc1)[C@@H](C)OC(=O)[C@@H](N)Cc1ccc(O)c(O)c1. The highest BCUT2D eigenvalue weighted by Gasteiger charge is 2.25. The zero-order valence-corrected chi connectivity index (χ0v) is 15.6. The smallest absolute Gasteiger partial charge is 0.504 e. The van der Waals surface area contributed by atoms with E-state index in [1.54, 1.807) is 44.2 Å². The number of phenols is 2. The van der Waals surface area contributed by atoms with Gasteiger partial charge in [0.1, 0.15) is 24.0 Å². The van der Waals surface area contributed by atoms with E-state index in [0.717, 1.165) is 0 Å². The van der Waals surface area contributed by atoms with Crippen molar-refractivity contribution in [3.8, 4) is 17.2 Å². The van der Waals surface area contributed by atoms with Gasteiger partial charge >= 0.3 is 12.1 Å². The molecule has 0 radical (unpaired) electrons. The second-order valence-electron chi connectivity index (χ2n) is 6.26. The summed E-state index contributed by atoms with van der Waals surface area (Å²) in [7, 11) is 0. The van der Waals surface area contributed by atoms with Gasteiger partial charge in [0.2, 0.25) is 0 Å². The lowest BCUT2D eigenvalue weighted by Crippen LogP contribution is -2.39. The minimum absolute atomic E-state index is 0.102. The molecule has 3 atom stereocenters. The molecule has 150 valence electrons. The molecular formula is C20H23NO7. The van der Waals surface area contributed by atoms with Gasteiger partial charge < -0.3 is 30.2 Å². The van der Waals surface area contributed by atoms with Crippen LogP contribution in [-0.4, -0.2) is 40.6 Å². The van der Waals surface area contributed by atoms with Crippen LogP contribution in [0.3, 0.4) is 0 Å². The third-order valence-corrected chi connectivity index (χ3v) is 3.99. The number of carbonyl (C=O) groups is 2. The van der Waals surface area contributed by atoms with Crippen molar-refractivity contribution in [3.05, 3.63) is 54.1 Å². The van der Waals surface area contributed by atoms with Gasteiger partial charge in [-0.05, 0) is 50.1 Å². The van der Waals surface area contributed by atoms with Crippen LogP contribution in [0.1, 0.15) is 19.4 Å². The van der Waals surface area contributed by atoms with Crippen LogP contribution in [0.25, 0.3) is 0 Å². The normalized spacial score (nSPS) is 13.8. The van der Waals surface area contributed by atoms with E-state index in [0.29, 0.717) is 11.3 Å². The fraction of sp³-hybridized carbons (Fsp3) is 0.300. The summed E-state index contributed by atoms with van der Waals surface area (Å²) in [5.74, 6) is -0.914. The monoisotopic (exact) mass is 389 g/mol. The average Bonchev–Trinajstić information content (AvgIpc) is 2.65. The summed E-state index contributed by atoms with van der Waals surface area (Å²) >= 11 is 0. The zero-order valence-electron chi connectivity index (χ0n) is 15.6. The van der Waals surface area contributed by atoms with Gasteiger partial charge in [-0.2, -0.15) is 0 Å². The molecule has 0 spiro atoms. The summed E-state index contributed by atoms with van der Waals surface area (Å²) < 4.78 is 15.4. The molecule has 0 aliphatic carbocycles. The van der Waals surface area contributed by atoms with E-state index < -0.39 is 30.4 Å². The van der Waals surface area contributed by atoms with Crippen LogP contribution in [0.5, 0.6) is 17.2 Å². The Hall–Kier alpha value is -3.26. The van der Waals surface area contributed by atoms with Gasteiger partial charge in [-0.15, -0.1) is 0 Å². The maximum atomic E-state index is 12.2. The van der Waals surface area contributed by atoms with Crippen molar-refractivity contribution >= 4 is 12.1 Å². The minimum atomic E-state index is -0.991. The number of aromatic hydroxyl groups is 2. The lowest BCUT2D eigenvalue weighted by molar-refractivity contribution is -0.155. The van der Waals surface area contributed by atoms with Gasteiger partial charge in [0, 0.05) is 0 Å². The largest absolute Gasteiger partial charge is 0.514 e. The average molecular weight is 389 g/mol. The predicted molar refractivity (Wildman–Crippen MR) is 100 cm³/mol. The Balaban J connectivity index is 1.82. The Kier molecular flexibility index (Phi) is 7.22. The van der Waals surface area contributed by atoms with Crippen molar-refractivity contribution in [3.63, 3.8) is 0 Å². The van der Waals surface area contributed by atoms with Gasteiger partial charge in [-0.25, -0.2) is 4.79 Å². The number of carbonyl (C=O) groups excluding carboxylic acids is 2. The topological polar surface area (TPSA) is 128 Å². The molecule has 0 aliphatic rings. The third kappa shape index (κ3) is 6.17. The molecule has 8 nitrogen and oxygen atoms in total. The number of rotatable bonds is 7. The van der Waals surface area contributed by atoms with Gasteiger partial charge in [0.25, 0.3) is 0 Å². The second kappa shape index (κ2) is 9.61. The standard InChI is InChI=1S/C20H23NO7/c1-12(13(2)27-20(25)28-15-6-4-3-5-7-15)26-19(24)16(21)10-14-8-9-17(22)18(23)11-14/h3-9,11-13,16,22-23H,10,21H2,1-2H3/t12-,13-,16+/m1/s1. The van der Waals surface area contributed by atoms with E-state index >= 15 is 0 Å². The Morgan fingerprint density at radius 1 is 0.964 bits per heavy atom. The molecule has 0 heterocycles. The van der Waals surface area contributed by atoms with Crippen LogP contribution < -0.4 is 10.5 Å². The predicted octanol–water partition coefficient (Wildman–Crippen LogP) is 2.50. The van der Waals surface area contributed by atoms with E-state index in [4.69, 9.17) is 19.9 Å². The third-order valence-electron chi connectivity index (χ3n) is 3.99. The van der Waals surface area contributed by atoms with Crippen molar-refractivity contribution in [1.29, 1.82) is 0 Å². The fourth-order valence-corrected chi connectivity index (χ4v) is 2.26. The van der Waals surface area contributed by atoms with Crippen LogP contribution in [0.2, 0.25) is 0 Å². The van der Waals surface area contributed by atoms with Gasteiger partial charge in [0.05, 0.1) is 0 Å². The highest BCUT2D eigenvalue weighted by Crippen LogP contribution is 2.25. The number of para-hydroxylation sites is 1. The first-order chi connectivity index (χ1) is 13.3. The Morgan fingerprint density at radius 3 is 2.25 bits per heavy atom. The first kappa shape index (κ1) is 21.0. The second-order valence-corrected chi connectivity index (χ2v) is 6.26. The van der Waals surface area contributed by atoms with Crippen molar-refractivity contribution < 1.29 is 34.0 Å². The molecule has 0 bridgehead atoms. The molecule has 0 saturated carbocycles. The van der Waals surface area contributed by atoms with Gasteiger partial charge in [-0.3, -0.25) is 4.79 Å². The molecule has 2 rings (SSSR count). The van der Waals surface area contributed by atoms with Crippen LogP contribution in [0, 0.1) is 0 Å². The number of nitrogens with two attached hydrogens (primary N) is 1. The number of benzene rings is 2. The molecule has 0 fully saturated rings. The molecule has 0 amide bonds. The lowest BCUT2D eigenvalue weighted by atomic mass is 10.1.